The molecule has 112 valence electrons. The molecule has 1 heterocycles. The topological polar surface area (TPSA) is 68.1 Å². The molecule has 0 aliphatic rings. The molecule has 1 aromatic carbocycles. The van der Waals surface area contributed by atoms with E-state index in [2.05, 4.69) is 31.1 Å². The van der Waals surface area contributed by atoms with Gasteiger partial charge in [0.25, 0.3) is 5.69 Å². The Morgan fingerprint density at radius 1 is 1.29 bits per heavy atom. The standard InChI is InChI=1S/C16H21N3O2/c1-4-15(18-5-2)11(3)12-6-7-16(19(20)21)14-10-17-9-8-13(12)14/h6-11,15,18H,4-5H2,1-3H3. The van der Waals surface area contributed by atoms with Crippen LogP contribution in [0.5, 0.6) is 0 Å². The Morgan fingerprint density at radius 3 is 2.67 bits per heavy atom. The van der Waals surface area contributed by atoms with Gasteiger partial charge in [-0.25, -0.2) is 0 Å². The molecule has 2 aromatic rings. The first-order valence-electron chi connectivity index (χ1n) is 7.34. The van der Waals surface area contributed by atoms with Gasteiger partial charge in [-0.2, -0.15) is 0 Å². The van der Waals surface area contributed by atoms with Crippen LogP contribution in [0, 0.1) is 10.1 Å². The molecule has 0 amide bonds. The highest BCUT2D eigenvalue weighted by Gasteiger charge is 2.21. The molecule has 5 nitrogen and oxygen atoms in total. The summed E-state index contributed by atoms with van der Waals surface area (Å²) in [5.41, 5.74) is 1.25. The number of benzene rings is 1. The van der Waals surface area contributed by atoms with Crippen LogP contribution in [0.2, 0.25) is 0 Å². The summed E-state index contributed by atoms with van der Waals surface area (Å²) in [7, 11) is 0. The Labute approximate surface area is 124 Å². The minimum atomic E-state index is -0.347. The normalized spacial score (nSPS) is 14.0. The van der Waals surface area contributed by atoms with Gasteiger partial charge in [0.1, 0.15) is 0 Å². The maximum Gasteiger partial charge on any atom is 0.278 e. The number of nitrogens with zero attached hydrogens (tertiary/aromatic N) is 2. The number of hydrogen-bond donors (Lipinski definition) is 1. The smallest absolute Gasteiger partial charge is 0.278 e. The van der Waals surface area contributed by atoms with E-state index in [-0.39, 0.29) is 16.5 Å². The lowest BCUT2D eigenvalue weighted by Gasteiger charge is -2.25. The van der Waals surface area contributed by atoms with Crippen LogP contribution in [0.25, 0.3) is 10.8 Å². The summed E-state index contributed by atoms with van der Waals surface area (Å²) in [5, 5.41) is 16.2. The number of pyridine rings is 1. The number of nitrogens with one attached hydrogen (secondary N) is 1. The number of fused-ring (bicyclic) bond motifs is 1. The van der Waals surface area contributed by atoms with E-state index in [0.29, 0.717) is 11.4 Å². The van der Waals surface area contributed by atoms with Gasteiger partial charge in [0.2, 0.25) is 0 Å². The Hall–Kier alpha value is -2.01. The Balaban J connectivity index is 2.55. The molecule has 0 saturated carbocycles. The van der Waals surface area contributed by atoms with Gasteiger partial charge >= 0.3 is 0 Å². The molecule has 1 aromatic heterocycles. The van der Waals surface area contributed by atoms with Crippen LogP contribution in [0.1, 0.15) is 38.7 Å². The average Bonchev–Trinajstić information content (AvgIpc) is 2.50. The zero-order chi connectivity index (χ0) is 15.4. The van der Waals surface area contributed by atoms with Crippen LogP contribution in [0.4, 0.5) is 5.69 Å². The SMILES string of the molecule is CCNC(CC)C(C)c1ccc([N+](=O)[O-])c2cnccc12. The minimum absolute atomic E-state index is 0.116. The molecule has 21 heavy (non-hydrogen) atoms. The summed E-state index contributed by atoms with van der Waals surface area (Å²) >= 11 is 0. The van der Waals surface area contributed by atoms with Gasteiger partial charge in [-0.05, 0) is 35.9 Å². The lowest BCUT2D eigenvalue weighted by Crippen LogP contribution is -2.33. The van der Waals surface area contributed by atoms with Gasteiger partial charge in [0, 0.05) is 24.5 Å². The van der Waals surface area contributed by atoms with E-state index in [1.807, 2.05) is 12.1 Å². The first-order chi connectivity index (χ1) is 10.1. The van der Waals surface area contributed by atoms with Gasteiger partial charge in [-0.15, -0.1) is 0 Å². The summed E-state index contributed by atoms with van der Waals surface area (Å²) in [6, 6.07) is 5.69. The lowest BCUT2D eigenvalue weighted by atomic mass is 9.88. The maximum absolute atomic E-state index is 11.2. The maximum atomic E-state index is 11.2. The van der Waals surface area contributed by atoms with E-state index in [0.717, 1.165) is 23.9 Å². The molecular formula is C16H21N3O2. The van der Waals surface area contributed by atoms with Crippen LogP contribution < -0.4 is 5.32 Å². The van der Waals surface area contributed by atoms with Crippen molar-refractivity contribution in [3.8, 4) is 0 Å². The van der Waals surface area contributed by atoms with E-state index in [1.165, 1.54) is 0 Å². The summed E-state index contributed by atoms with van der Waals surface area (Å²) in [4.78, 5) is 14.8. The van der Waals surface area contributed by atoms with Crippen molar-refractivity contribution in [3.63, 3.8) is 0 Å². The first-order valence-corrected chi connectivity index (χ1v) is 7.34. The molecule has 0 aliphatic carbocycles. The van der Waals surface area contributed by atoms with Crippen LogP contribution in [-0.4, -0.2) is 22.5 Å². The lowest BCUT2D eigenvalue weighted by molar-refractivity contribution is -0.383. The summed E-state index contributed by atoms with van der Waals surface area (Å²) in [6.45, 7) is 7.32. The third kappa shape index (κ3) is 3.03. The molecule has 0 radical (unpaired) electrons. The van der Waals surface area contributed by atoms with E-state index in [4.69, 9.17) is 0 Å². The van der Waals surface area contributed by atoms with Crippen molar-refractivity contribution < 1.29 is 4.92 Å². The fourth-order valence-corrected chi connectivity index (χ4v) is 2.91. The van der Waals surface area contributed by atoms with Crippen molar-refractivity contribution in [1.29, 1.82) is 0 Å². The van der Waals surface area contributed by atoms with Crippen LogP contribution >= 0.6 is 0 Å². The summed E-state index contributed by atoms with van der Waals surface area (Å²) in [5.74, 6) is 0.278. The Bertz CT molecular complexity index is 642. The monoisotopic (exact) mass is 287 g/mol. The van der Waals surface area contributed by atoms with Gasteiger partial charge in [-0.1, -0.05) is 26.8 Å². The number of non-ortho nitro benzene ring substituents is 1. The summed E-state index contributed by atoms with van der Waals surface area (Å²) in [6.07, 6.45) is 4.28. The fourth-order valence-electron chi connectivity index (χ4n) is 2.91. The first kappa shape index (κ1) is 15.4. The number of nitro groups is 1. The molecule has 0 fully saturated rings. The average molecular weight is 287 g/mol. The van der Waals surface area contributed by atoms with Gasteiger partial charge in [0.15, 0.2) is 0 Å². The third-order valence-electron chi connectivity index (χ3n) is 4.03. The Kier molecular flexibility index (Phi) is 4.85. The number of hydrogen-bond acceptors (Lipinski definition) is 4. The van der Waals surface area contributed by atoms with E-state index < -0.39 is 0 Å². The zero-order valence-corrected chi connectivity index (χ0v) is 12.7. The molecule has 2 rings (SSSR count). The predicted octanol–water partition coefficient (Wildman–Crippen LogP) is 3.63. The van der Waals surface area contributed by atoms with Crippen molar-refractivity contribution in [1.82, 2.24) is 10.3 Å². The van der Waals surface area contributed by atoms with Gasteiger partial charge in [0.05, 0.1) is 10.3 Å². The molecule has 0 saturated heterocycles. The number of rotatable bonds is 6. The molecule has 2 atom stereocenters. The highest BCUT2D eigenvalue weighted by atomic mass is 16.6. The molecule has 5 heteroatoms. The molecule has 0 spiro atoms. The highest BCUT2D eigenvalue weighted by molar-refractivity contribution is 5.92. The number of aromatic nitrogens is 1. The fraction of sp³-hybridized carbons (Fsp3) is 0.438. The van der Waals surface area contributed by atoms with E-state index >= 15 is 0 Å². The predicted molar refractivity (Wildman–Crippen MR) is 84.6 cm³/mol. The van der Waals surface area contributed by atoms with Gasteiger partial charge < -0.3 is 5.32 Å². The van der Waals surface area contributed by atoms with E-state index in [1.54, 1.807) is 18.5 Å². The minimum Gasteiger partial charge on any atom is -0.314 e. The number of nitro benzene ring substituents is 1. The highest BCUT2D eigenvalue weighted by Crippen LogP contribution is 2.33. The van der Waals surface area contributed by atoms with Crippen LogP contribution in [-0.2, 0) is 0 Å². The van der Waals surface area contributed by atoms with Gasteiger partial charge in [-0.3, -0.25) is 15.1 Å². The van der Waals surface area contributed by atoms with Crippen molar-refractivity contribution >= 4 is 16.5 Å². The molecular weight excluding hydrogens is 266 g/mol. The van der Waals surface area contributed by atoms with Crippen molar-refractivity contribution in [2.75, 3.05) is 6.54 Å². The number of likely N-dealkylation sites (N-methyl/N-ethyl adjacent to an activating group) is 1. The third-order valence-corrected chi connectivity index (χ3v) is 4.03. The molecule has 2 unspecified atom stereocenters. The van der Waals surface area contributed by atoms with Crippen molar-refractivity contribution in [2.24, 2.45) is 0 Å². The largest absolute Gasteiger partial charge is 0.314 e. The molecule has 0 aliphatic heterocycles. The second-order valence-corrected chi connectivity index (χ2v) is 5.21. The molecule has 1 N–H and O–H groups in total. The quantitative estimate of drug-likeness (QED) is 0.650. The second-order valence-electron chi connectivity index (χ2n) is 5.21. The Morgan fingerprint density at radius 2 is 2.05 bits per heavy atom. The van der Waals surface area contributed by atoms with Crippen LogP contribution in [0.3, 0.4) is 0 Å². The van der Waals surface area contributed by atoms with Crippen molar-refractivity contribution in [3.05, 3.63) is 46.3 Å². The van der Waals surface area contributed by atoms with E-state index in [9.17, 15) is 10.1 Å². The molecule has 0 bridgehead atoms. The second kappa shape index (κ2) is 6.63. The van der Waals surface area contributed by atoms with Crippen molar-refractivity contribution in [2.45, 2.75) is 39.2 Å². The van der Waals surface area contributed by atoms with Crippen LogP contribution in [0.15, 0.2) is 30.6 Å². The zero-order valence-electron chi connectivity index (χ0n) is 12.7. The summed E-state index contributed by atoms with van der Waals surface area (Å²) < 4.78 is 0.